The van der Waals surface area contributed by atoms with Crippen LogP contribution in [0.3, 0.4) is 0 Å². The zero-order chi connectivity index (χ0) is 7.28. The van der Waals surface area contributed by atoms with E-state index in [2.05, 4.69) is 4.18 Å². The van der Waals surface area contributed by atoms with Crippen molar-refractivity contribution in [3.8, 4) is 0 Å². The average Bonchev–Trinajstić information content (AvgIpc) is 1.82. The third kappa shape index (κ3) is 5.11. The summed E-state index contributed by atoms with van der Waals surface area (Å²) in [4.78, 5) is 0. The van der Waals surface area contributed by atoms with E-state index in [4.69, 9.17) is 27.8 Å². The van der Waals surface area contributed by atoms with Crippen LogP contribution in [0.25, 0.3) is 0 Å². The van der Waals surface area contributed by atoms with Gasteiger partial charge < -0.3 is 0 Å². The first-order valence-electron chi connectivity index (χ1n) is 2.10. The maximum absolute atomic E-state index is 9.90. The van der Waals surface area contributed by atoms with Gasteiger partial charge in [-0.1, -0.05) is 0 Å². The van der Waals surface area contributed by atoms with Gasteiger partial charge in [0.2, 0.25) is 0 Å². The molecule has 0 rings (SSSR count). The Kier molecular flexibility index (Phi) is 5.83. The summed E-state index contributed by atoms with van der Waals surface area (Å²) in [5, 5.41) is 0. The van der Waals surface area contributed by atoms with Gasteiger partial charge in [-0.25, -0.2) is 0 Å². The van der Waals surface area contributed by atoms with Crippen LogP contribution in [0.1, 0.15) is 0 Å². The lowest BCUT2D eigenvalue weighted by Gasteiger charge is -2.05. The Hall–Kier alpha value is 0.650. The van der Waals surface area contributed by atoms with Gasteiger partial charge in [-0.15, -0.1) is 23.2 Å². The number of hydrogen-bond acceptors (Lipinski definition) is 2. The molecule has 0 bridgehead atoms. The van der Waals surface area contributed by atoms with Crippen molar-refractivity contribution in [1.82, 2.24) is 0 Å². The molecule has 0 saturated heterocycles. The predicted octanol–water partition coefficient (Wildman–Crippen LogP) is 0.986. The van der Waals surface area contributed by atoms with Crippen LogP contribution in [0.5, 0.6) is 0 Å². The zero-order valence-electron chi connectivity index (χ0n) is 4.42. The molecule has 0 radical (unpaired) electrons. The van der Waals surface area contributed by atoms with Gasteiger partial charge in [-0.3, -0.25) is 8.74 Å². The molecule has 0 aromatic rings. The standard InChI is InChI=1S/C3H6Cl2O3S/c4-1-3(2-5)8-9(6)7/h3H,1-2H2,(H,6,7). The molecule has 0 saturated carbocycles. The number of alkyl halides is 2. The number of hydrogen-bond donors (Lipinski definition) is 1. The van der Waals surface area contributed by atoms with Crippen LogP contribution in [0.4, 0.5) is 0 Å². The number of halogens is 2. The van der Waals surface area contributed by atoms with Crippen LogP contribution in [0.2, 0.25) is 0 Å². The van der Waals surface area contributed by atoms with E-state index >= 15 is 0 Å². The number of rotatable bonds is 4. The lowest BCUT2D eigenvalue weighted by molar-refractivity contribution is 0.247. The Bertz CT molecular complexity index is 95.1. The summed E-state index contributed by atoms with van der Waals surface area (Å²) in [7, 11) is 0. The zero-order valence-corrected chi connectivity index (χ0v) is 6.75. The van der Waals surface area contributed by atoms with Gasteiger partial charge in [0, 0.05) is 0 Å². The van der Waals surface area contributed by atoms with Crippen LogP contribution in [-0.4, -0.2) is 26.6 Å². The smallest absolute Gasteiger partial charge is 0.284 e. The predicted molar refractivity (Wildman–Crippen MR) is 37.1 cm³/mol. The van der Waals surface area contributed by atoms with Gasteiger partial charge in [0.1, 0.15) is 6.10 Å². The molecular weight excluding hydrogens is 187 g/mol. The summed E-state index contributed by atoms with van der Waals surface area (Å²) in [6, 6.07) is 0. The van der Waals surface area contributed by atoms with Gasteiger partial charge in [-0.05, 0) is 0 Å². The molecule has 0 fully saturated rings. The lowest BCUT2D eigenvalue weighted by atomic mass is 10.5. The molecular formula is C3H6Cl2O3S. The highest BCUT2D eigenvalue weighted by Gasteiger charge is 2.08. The fourth-order valence-corrected chi connectivity index (χ4v) is 1.18. The summed E-state index contributed by atoms with van der Waals surface area (Å²) in [6.45, 7) is 0. The molecule has 6 heteroatoms. The molecule has 0 aliphatic rings. The minimum atomic E-state index is -2.26. The molecule has 56 valence electrons. The van der Waals surface area contributed by atoms with Crippen molar-refractivity contribution in [3.05, 3.63) is 0 Å². The first-order chi connectivity index (χ1) is 4.20. The van der Waals surface area contributed by atoms with Crippen LogP contribution in [0.15, 0.2) is 0 Å². The molecule has 0 aromatic carbocycles. The quantitative estimate of drug-likeness (QED) is 0.534. The molecule has 0 heterocycles. The highest BCUT2D eigenvalue weighted by Crippen LogP contribution is 1.99. The first kappa shape index (κ1) is 9.65. The van der Waals surface area contributed by atoms with E-state index in [1.807, 2.05) is 0 Å². The Morgan fingerprint density at radius 3 is 2.11 bits per heavy atom. The molecule has 0 aliphatic heterocycles. The normalized spacial score (nSPS) is 14.2. The Labute approximate surface area is 65.8 Å². The molecule has 3 nitrogen and oxygen atoms in total. The summed E-state index contributed by atoms with van der Waals surface area (Å²) in [5.74, 6) is 0.242. The van der Waals surface area contributed by atoms with E-state index in [1.165, 1.54) is 0 Å². The SMILES string of the molecule is O=S(O)OC(CCl)CCl. The molecule has 1 unspecified atom stereocenters. The van der Waals surface area contributed by atoms with Crippen molar-refractivity contribution >= 4 is 34.6 Å². The van der Waals surface area contributed by atoms with Gasteiger partial charge in [-0.2, -0.15) is 4.21 Å². The Morgan fingerprint density at radius 1 is 1.56 bits per heavy atom. The van der Waals surface area contributed by atoms with Gasteiger partial charge in [0.25, 0.3) is 0 Å². The second-order valence-electron chi connectivity index (χ2n) is 1.24. The lowest BCUT2D eigenvalue weighted by Crippen LogP contribution is -2.17. The highest BCUT2D eigenvalue weighted by molar-refractivity contribution is 7.74. The van der Waals surface area contributed by atoms with Crippen molar-refractivity contribution in [1.29, 1.82) is 0 Å². The van der Waals surface area contributed by atoms with E-state index in [-0.39, 0.29) is 11.8 Å². The van der Waals surface area contributed by atoms with E-state index in [9.17, 15) is 4.21 Å². The molecule has 1 atom stereocenters. The van der Waals surface area contributed by atoms with Crippen molar-refractivity contribution in [2.75, 3.05) is 11.8 Å². The molecule has 0 aromatic heterocycles. The van der Waals surface area contributed by atoms with E-state index in [0.29, 0.717) is 0 Å². The summed E-state index contributed by atoms with van der Waals surface area (Å²) < 4.78 is 22.3. The van der Waals surface area contributed by atoms with Crippen LogP contribution in [0, 0.1) is 0 Å². The van der Waals surface area contributed by atoms with Crippen LogP contribution < -0.4 is 0 Å². The Balaban J connectivity index is 3.43. The molecule has 1 N–H and O–H groups in total. The largest absolute Gasteiger partial charge is 0.302 e. The molecule has 0 aliphatic carbocycles. The minimum Gasteiger partial charge on any atom is -0.284 e. The summed E-state index contributed by atoms with van der Waals surface area (Å²) in [5.41, 5.74) is 0. The fourth-order valence-electron chi connectivity index (χ4n) is 0.209. The third-order valence-corrected chi connectivity index (χ3v) is 1.69. The molecule has 0 amide bonds. The van der Waals surface area contributed by atoms with E-state index in [1.54, 1.807) is 0 Å². The summed E-state index contributed by atoms with van der Waals surface area (Å²) in [6.07, 6.45) is -0.542. The van der Waals surface area contributed by atoms with E-state index < -0.39 is 17.5 Å². The molecule has 0 spiro atoms. The fraction of sp³-hybridized carbons (Fsp3) is 1.00. The van der Waals surface area contributed by atoms with Crippen molar-refractivity contribution in [2.45, 2.75) is 6.10 Å². The monoisotopic (exact) mass is 192 g/mol. The average molecular weight is 193 g/mol. The maximum Gasteiger partial charge on any atom is 0.302 e. The van der Waals surface area contributed by atoms with Crippen LogP contribution in [-0.2, 0) is 15.5 Å². The van der Waals surface area contributed by atoms with Gasteiger partial charge in [0.05, 0.1) is 11.8 Å². The first-order valence-corrected chi connectivity index (χ1v) is 4.20. The van der Waals surface area contributed by atoms with Gasteiger partial charge >= 0.3 is 11.4 Å². The van der Waals surface area contributed by atoms with Crippen LogP contribution >= 0.6 is 23.2 Å². The van der Waals surface area contributed by atoms with Gasteiger partial charge in [0.15, 0.2) is 0 Å². The molecule has 9 heavy (non-hydrogen) atoms. The third-order valence-electron chi connectivity index (χ3n) is 0.563. The topological polar surface area (TPSA) is 46.5 Å². The second-order valence-corrected chi connectivity index (χ2v) is 2.49. The minimum absolute atomic E-state index is 0.121. The van der Waals surface area contributed by atoms with Crippen molar-refractivity contribution in [2.24, 2.45) is 0 Å². The summed E-state index contributed by atoms with van der Waals surface area (Å²) >= 11 is 8.25. The highest BCUT2D eigenvalue weighted by atomic mass is 35.5. The maximum atomic E-state index is 9.90. The Morgan fingerprint density at radius 2 is 2.00 bits per heavy atom. The second kappa shape index (κ2) is 5.44. The van der Waals surface area contributed by atoms with E-state index in [0.717, 1.165) is 0 Å². The van der Waals surface area contributed by atoms with Crippen molar-refractivity contribution in [3.63, 3.8) is 0 Å². The van der Waals surface area contributed by atoms with Crippen molar-refractivity contribution < 1.29 is 12.9 Å².